The van der Waals surface area contributed by atoms with E-state index in [0.717, 1.165) is 4.31 Å². The molecule has 0 fully saturated rings. The lowest BCUT2D eigenvalue weighted by atomic mass is 10.1. The Morgan fingerprint density at radius 2 is 1.62 bits per heavy atom. The van der Waals surface area contributed by atoms with Crippen LogP contribution in [0.25, 0.3) is 0 Å². The number of carbonyl (C=O) groups excluding carboxylic acids is 2. The first kappa shape index (κ1) is 28.5. The van der Waals surface area contributed by atoms with E-state index >= 15 is 0 Å². The molecule has 7 nitrogen and oxygen atoms in total. The molecule has 0 aliphatic carbocycles. The highest BCUT2D eigenvalue weighted by atomic mass is 35.5. The van der Waals surface area contributed by atoms with Crippen LogP contribution in [0, 0.1) is 6.92 Å². The molecule has 37 heavy (non-hydrogen) atoms. The number of nitrogens with one attached hydrogen (secondary N) is 1. The number of halogens is 2. The second kappa shape index (κ2) is 12.4. The average Bonchev–Trinajstić information content (AvgIpc) is 2.86. The van der Waals surface area contributed by atoms with Gasteiger partial charge in [-0.15, -0.1) is 0 Å². The summed E-state index contributed by atoms with van der Waals surface area (Å²) in [4.78, 5) is 27.9. The number of carbonyl (C=O) groups is 2. The number of aryl methyl sites for hydroxylation is 1. The third kappa shape index (κ3) is 7.03. The van der Waals surface area contributed by atoms with Gasteiger partial charge in [0.25, 0.3) is 10.0 Å². The second-order valence-electron chi connectivity index (χ2n) is 8.47. The predicted molar refractivity (Wildman–Crippen MR) is 147 cm³/mol. The highest BCUT2D eigenvalue weighted by Gasteiger charge is 2.33. The fourth-order valence-corrected chi connectivity index (χ4v) is 5.64. The SMILES string of the molecule is CCNC(=O)C(C)N(Cc1cccc(Cl)c1)C(=O)CN(c1ccccc1C)S(=O)(=O)c1ccc(Cl)cc1. The molecule has 3 rings (SSSR count). The zero-order valence-electron chi connectivity index (χ0n) is 20.8. The van der Waals surface area contributed by atoms with Gasteiger partial charge in [-0.1, -0.05) is 53.5 Å². The van der Waals surface area contributed by atoms with E-state index < -0.39 is 28.5 Å². The lowest BCUT2D eigenvalue weighted by molar-refractivity contribution is -0.139. The molecule has 3 aromatic carbocycles. The van der Waals surface area contributed by atoms with Crippen LogP contribution in [0.2, 0.25) is 10.0 Å². The number of rotatable bonds is 10. The molecule has 0 saturated carbocycles. The van der Waals surface area contributed by atoms with Crippen molar-refractivity contribution in [2.75, 3.05) is 17.4 Å². The molecule has 0 aliphatic heterocycles. The van der Waals surface area contributed by atoms with Crippen LogP contribution in [0.1, 0.15) is 25.0 Å². The van der Waals surface area contributed by atoms with Crippen LogP contribution in [-0.2, 0) is 26.2 Å². The third-order valence-electron chi connectivity index (χ3n) is 5.82. The Balaban J connectivity index is 2.04. The molecule has 1 N–H and O–H groups in total. The van der Waals surface area contributed by atoms with Gasteiger partial charge in [-0.05, 0) is 74.4 Å². The summed E-state index contributed by atoms with van der Waals surface area (Å²) in [6.07, 6.45) is 0. The molecular weight excluding hydrogens is 533 g/mol. The maximum atomic E-state index is 13.8. The number of benzene rings is 3. The van der Waals surface area contributed by atoms with E-state index in [1.807, 2.05) is 0 Å². The topological polar surface area (TPSA) is 86.8 Å². The quantitative estimate of drug-likeness (QED) is 0.375. The molecular formula is C27H29Cl2N3O4S. The van der Waals surface area contributed by atoms with Gasteiger partial charge in [0.2, 0.25) is 11.8 Å². The summed E-state index contributed by atoms with van der Waals surface area (Å²) in [5.41, 5.74) is 1.74. The van der Waals surface area contributed by atoms with Crippen LogP contribution in [0.3, 0.4) is 0 Å². The van der Waals surface area contributed by atoms with Crippen molar-refractivity contribution in [1.82, 2.24) is 10.2 Å². The molecule has 3 aromatic rings. The minimum atomic E-state index is -4.15. The molecule has 10 heteroatoms. The molecule has 196 valence electrons. The Morgan fingerprint density at radius 3 is 2.24 bits per heavy atom. The van der Waals surface area contributed by atoms with E-state index in [4.69, 9.17) is 23.2 Å². The van der Waals surface area contributed by atoms with E-state index in [9.17, 15) is 18.0 Å². The number of nitrogens with zero attached hydrogens (tertiary/aromatic N) is 2. The molecule has 0 saturated heterocycles. The number of hydrogen-bond acceptors (Lipinski definition) is 4. The average molecular weight is 563 g/mol. The standard InChI is InChI=1S/C27H29Cl2N3O4S/c1-4-30-27(34)20(3)31(17-21-9-7-10-23(29)16-21)26(33)18-32(25-11-6-5-8-19(25)2)37(35,36)24-14-12-22(28)13-15-24/h5-16,20H,4,17-18H2,1-3H3,(H,30,34). The van der Waals surface area contributed by atoms with Crippen molar-refractivity contribution in [3.05, 3.63) is 94.0 Å². The van der Waals surface area contributed by atoms with Gasteiger partial charge in [0.1, 0.15) is 12.6 Å². The summed E-state index contributed by atoms with van der Waals surface area (Å²) < 4.78 is 28.6. The van der Waals surface area contributed by atoms with Crippen LogP contribution >= 0.6 is 23.2 Å². The Morgan fingerprint density at radius 1 is 0.946 bits per heavy atom. The minimum Gasteiger partial charge on any atom is -0.355 e. The van der Waals surface area contributed by atoms with Crippen LogP contribution < -0.4 is 9.62 Å². The van der Waals surface area contributed by atoms with Crippen LogP contribution in [0.5, 0.6) is 0 Å². The lowest BCUT2D eigenvalue weighted by Gasteiger charge is -2.32. The smallest absolute Gasteiger partial charge is 0.264 e. The van der Waals surface area contributed by atoms with E-state index in [1.165, 1.54) is 29.2 Å². The van der Waals surface area contributed by atoms with Gasteiger partial charge in [0.15, 0.2) is 0 Å². The second-order valence-corrected chi connectivity index (χ2v) is 11.2. The van der Waals surface area contributed by atoms with E-state index in [0.29, 0.717) is 33.4 Å². The maximum absolute atomic E-state index is 13.8. The van der Waals surface area contributed by atoms with Gasteiger partial charge >= 0.3 is 0 Å². The molecule has 0 heterocycles. The van der Waals surface area contributed by atoms with Gasteiger partial charge in [-0.3, -0.25) is 13.9 Å². The summed E-state index contributed by atoms with van der Waals surface area (Å²) in [6, 6.07) is 18.8. The Bertz CT molecular complexity index is 1360. The molecule has 0 bridgehead atoms. The summed E-state index contributed by atoms with van der Waals surface area (Å²) in [5, 5.41) is 3.61. The number of para-hydroxylation sites is 1. The monoisotopic (exact) mass is 561 g/mol. The zero-order valence-corrected chi connectivity index (χ0v) is 23.1. The number of amides is 2. The normalized spacial score (nSPS) is 12.0. The van der Waals surface area contributed by atoms with Crippen molar-refractivity contribution in [3.63, 3.8) is 0 Å². The van der Waals surface area contributed by atoms with Crippen LogP contribution in [0.4, 0.5) is 5.69 Å². The molecule has 0 spiro atoms. The first-order chi connectivity index (χ1) is 17.5. The number of anilines is 1. The van der Waals surface area contributed by atoms with Gasteiger partial charge in [-0.25, -0.2) is 8.42 Å². The molecule has 0 aliphatic rings. The lowest BCUT2D eigenvalue weighted by Crippen LogP contribution is -2.51. The highest BCUT2D eigenvalue weighted by Crippen LogP contribution is 2.28. The first-order valence-corrected chi connectivity index (χ1v) is 13.9. The van der Waals surface area contributed by atoms with Gasteiger partial charge in [0, 0.05) is 23.1 Å². The highest BCUT2D eigenvalue weighted by molar-refractivity contribution is 7.92. The van der Waals surface area contributed by atoms with Crippen molar-refractivity contribution in [2.24, 2.45) is 0 Å². The van der Waals surface area contributed by atoms with Crippen molar-refractivity contribution in [3.8, 4) is 0 Å². The van der Waals surface area contributed by atoms with E-state index in [2.05, 4.69) is 5.32 Å². The third-order valence-corrected chi connectivity index (χ3v) is 8.09. The fourth-order valence-electron chi connectivity index (χ4n) is 3.83. The summed E-state index contributed by atoms with van der Waals surface area (Å²) in [7, 11) is -4.15. The predicted octanol–water partition coefficient (Wildman–Crippen LogP) is 5.05. The molecule has 0 aromatic heterocycles. The van der Waals surface area contributed by atoms with Crippen molar-refractivity contribution in [1.29, 1.82) is 0 Å². The maximum Gasteiger partial charge on any atom is 0.264 e. The fraction of sp³-hybridized carbons (Fsp3) is 0.259. The summed E-state index contributed by atoms with van der Waals surface area (Å²) in [5.74, 6) is -0.889. The first-order valence-electron chi connectivity index (χ1n) is 11.7. The number of hydrogen-bond donors (Lipinski definition) is 1. The summed E-state index contributed by atoms with van der Waals surface area (Å²) >= 11 is 12.1. The van der Waals surface area contributed by atoms with Gasteiger partial charge < -0.3 is 10.2 Å². The van der Waals surface area contributed by atoms with Crippen molar-refractivity contribution < 1.29 is 18.0 Å². The minimum absolute atomic E-state index is 0.00822. The molecule has 1 atom stereocenters. The van der Waals surface area contributed by atoms with Crippen molar-refractivity contribution >= 4 is 50.7 Å². The Hall–Kier alpha value is -3.07. The van der Waals surface area contributed by atoms with E-state index in [1.54, 1.807) is 69.3 Å². The zero-order chi connectivity index (χ0) is 27.2. The molecule has 1 unspecified atom stereocenters. The van der Waals surface area contributed by atoms with E-state index in [-0.39, 0.29) is 17.3 Å². The Labute approximate surface area is 228 Å². The molecule has 0 radical (unpaired) electrons. The van der Waals surface area contributed by atoms with Crippen LogP contribution in [0.15, 0.2) is 77.7 Å². The molecule has 2 amide bonds. The number of likely N-dealkylation sites (N-methyl/N-ethyl adjacent to an activating group) is 1. The van der Waals surface area contributed by atoms with Gasteiger partial charge in [0.05, 0.1) is 10.6 Å². The summed E-state index contributed by atoms with van der Waals surface area (Å²) in [6.45, 7) is 5.11. The van der Waals surface area contributed by atoms with Crippen LogP contribution in [-0.4, -0.2) is 44.3 Å². The largest absolute Gasteiger partial charge is 0.355 e. The number of sulfonamides is 1. The Kier molecular flexibility index (Phi) is 9.59. The van der Waals surface area contributed by atoms with Gasteiger partial charge in [-0.2, -0.15) is 0 Å². The van der Waals surface area contributed by atoms with Crippen molar-refractivity contribution in [2.45, 2.75) is 38.3 Å².